The molecule has 0 amide bonds. The van der Waals surface area contributed by atoms with E-state index in [0.29, 0.717) is 6.29 Å². The minimum atomic E-state index is -1.29. The summed E-state index contributed by atoms with van der Waals surface area (Å²) in [6.07, 6.45) is 1.08. The smallest absolute Gasteiger partial charge is 0.347 e. The highest BCUT2D eigenvalue weighted by Crippen LogP contribution is 1.97. The molecule has 3 nitrogen and oxygen atoms in total. The number of aliphatic carboxylic acids is 1. The van der Waals surface area contributed by atoms with Crippen LogP contribution in [0.15, 0.2) is 11.1 Å². The van der Waals surface area contributed by atoms with Gasteiger partial charge in [-0.3, -0.25) is 4.79 Å². The Kier molecular flexibility index (Phi) is 2.88. The Hall–Kier alpha value is -0.830. The van der Waals surface area contributed by atoms with Crippen LogP contribution in [0.5, 0.6) is 0 Å². The van der Waals surface area contributed by atoms with Gasteiger partial charge in [-0.05, 0) is 0 Å². The highest BCUT2D eigenvalue weighted by molar-refractivity contribution is 6.41. The monoisotopic (exact) mass is 134 g/mol. The summed E-state index contributed by atoms with van der Waals surface area (Å²) >= 11 is 4.95. The van der Waals surface area contributed by atoms with Gasteiger partial charge in [0.1, 0.15) is 11.3 Å². The predicted molar refractivity (Wildman–Crippen MR) is 27.6 cm³/mol. The van der Waals surface area contributed by atoms with Gasteiger partial charge in [0, 0.05) is 6.08 Å². The van der Waals surface area contributed by atoms with Crippen molar-refractivity contribution >= 4 is 23.9 Å². The minimum Gasteiger partial charge on any atom is -0.477 e. The van der Waals surface area contributed by atoms with Gasteiger partial charge < -0.3 is 5.11 Å². The van der Waals surface area contributed by atoms with E-state index in [1.54, 1.807) is 0 Å². The van der Waals surface area contributed by atoms with E-state index in [2.05, 4.69) is 0 Å². The van der Waals surface area contributed by atoms with Crippen molar-refractivity contribution in [1.29, 1.82) is 0 Å². The Labute approximate surface area is 50.6 Å². The molecule has 0 saturated carbocycles. The molecule has 0 aromatic rings. The molecule has 0 bridgehead atoms. The number of hydrogen-bond donors (Lipinski definition) is 1. The third kappa shape index (κ3) is 2.36. The highest BCUT2D eigenvalue weighted by atomic mass is 35.5. The van der Waals surface area contributed by atoms with E-state index in [1.807, 2.05) is 0 Å². The fourth-order valence-electron chi connectivity index (χ4n) is 0.131. The number of carbonyl (C=O) groups excluding carboxylic acids is 1. The third-order valence-electron chi connectivity index (χ3n) is 0.419. The lowest BCUT2D eigenvalue weighted by Crippen LogP contribution is -1.92. The van der Waals surface area contributed by atoms with E-state index in [9.17, 15) is 9.59 Å². The fraction of sp³-hybridized carbons (Fsp3) is 0. The first kappa shape index (κ1) is 7.17. The van der Waals surface area contributed by atoms with Gasteiger partial charge in [-0.15, -0.1) is 0 Å². The van der Waals surface area contributed by atoms with Crippen LogP contribution >= 0.6 is 11.6 Å². The van der Waals surface area contributed by atoms with Crippen LogP contribution in [-0.2, 0) is 9.59 Å². The lowest BCUT2D eigenvalue weighted by atomic mass is 10.5. The average molecular weight is 135 g/mol. The number of allylic oxidation sites excluding steroid dienone is 1. The Morgan fingerprint density at radius 1 is 1.62 bits per heavy atom. The second-order valence-electron chi connectivity index (χ2n) is 0.956. The summed E-state index contributed by atoms with van der Waals surface area (Å²) in [7, 11) is 0. The number of halogens is 1. The predicted octanol–water partition coefficient (Wildman–Crippen LogP) is 0.393. The molecule has 0 aromatic carbocycles. The molecular weight excluding hydrogens is 131 g/mol. The molecular formula is C4H3ClO3. The SMILES string of the molecule is O=C/C=C(/Cl)C(=O)O. The van der Waals surface area contributed by atoms with Crippen LogP contribution in [0.1, 0.15) is 0 Å². The second-order valence-corrected chi connectivity index (χ2v) is 1.36. The number of carbonyl (C=O) groups is 2. The van der Waals surface area contributed by atoms with Crippen molar-refractivity contribution in [2.24, 2.45) is 0 Å². The van der Waals surface area contributed by atoms with Crippen LogP contribution < -0.4 is 0 Å². The molecule has 0 rings (SSSR count). The second kappa shape index (κ2) is 3.21. The molecule has 0 radical (unpaired) electrons. The van der Waals surface area contributed by atoms with Crippen molar-refractivity contribution in [3.8, 4) is 0 Å². The van der Waals surface area contributed by atoms with E-state index in [-0.39, 0.29) is 0 Å². The van der Waals surface area contributed by atoms with Crippen LogP contribution in [0.2, 0.25) is 0 Å². The molecule has 0 fully saturated rings. The summed E-state index contributed by atoms with van der Waals surface area (Å²) in [4.78, 5) is 19.2. The number of rotatable bonds is 2. The van der Waals surface area contributed by atoms with Gasteiger partial charge in [0.2, 0.25) is 0 Å². The van der Waals surface area contributed by atoms with Gasteiger partial charge in [0.05, 0.1) is 0 Å². The van der Waals surface area contributed by atoms with Gasteiger partial charge in [0.15, 0.2) is 0 Å². The van der Waals surface area contributed by atoms with Crippen molar-refractivity contribution in [3.63, 3.8) is 0 Å². The summed E-state index contributed by atoms with van der Waals surface area (Å²) in [5.41, 5.74) is 0. The first-order valence-electron chi connectivity index (χ1n) is 1.72. The lowest BCUT2D eigenvalue weighted by Gasteiger charge is -1.80. The Balaban J connectivity index is 3.99. The number of hydrogen-bond acceptors (Lipinski definition) is 2. The normalized spacial score (nSPS) is 10.9. The number of carboxylic acid groups (broad SMARTS) is 1. The molecule has 8 heavy (non-hydrogen) atoms. The number of aldehydes is 1. The van der Waals surface area contributed by atoms with Crippen molar-refractivity contribution in [1.82, 2.24) is 0 Å². The van der Waals surface area contributed by atoms with Gasteiger partial charge >= 0.3 is 5.97 Å². The van der Waals surface area contributed by atoms with Gasteiger partial charge in [-0.25, -0.2) is 4.79 Å². The van der Waals surface area contributed by atoms with E-state index in [4.69, 9.17) is 16.7 Å². The third-order valence-corrected chi connectivity index (χ3v) is 0.706. The lowest BCUT2D eigenvalue weighted by molar-refractivity contribution is -0.132. The zero-order valence-electron chi connectivity index (χ0n) is 3.80. The molecule has 4 heteroatoms. The maximum Gasteiger partial charge on any atom is 0.347 e. The van der Waals surface area contributed by atoms with E-state index in [0.717, 1.165) is 6.08 Å². The molecule has 1 N–H and O–H groups in total. The highest BCUT2D eigenvalue weighted by Gasteiger charge is 1.98. The van der Waals surface area contributed by atoms with Crippen LogP contribution in [0.4, 0.5) is 0 Å². The summed E-state index contributed by atoms with van der Waals surface area (Å²) in [6.45, 7) is 0. The van der Waals surface area contributed by atoms with Gasteiger partial charge in [0.25, 0.3) is 0 Å². The van der Waals surface area contributed by atoms with E-state index >= 15 is 0 Å². The van der Waals surface area contributed by atoms with Crippen LogP contribution in [0.3, 0.4) is 0 Å². The largest absolute Gasteiger partial charge is 0.477 e. The summed E-state index contributed by atoms with van der Waals surface area (Å²) in [6, 6.07) is 0. The first-order valence-corrected chi connectivity index (χ1v) is 2.10. The van der Waals surface area contributed by atoms with Gasteiger partial charge in [-0.1, -0.05) is 11.6 Å². The molecule has 44 valence electrons. The molecule has 0 aromatic heterocycles. The molecule has 0 heterocycles. The van der Waals surface area contributed by atoms with E-state index in [1.165, 1.54) is 0 Å². The quantitative estimate of drug-likeness (QED) is 0.439. The zero-order chi connectivity index (χ0) is 6.57. The van der Waals surface area contributed by atoms with Gasteiger partial charge in [-0.2, -0.15) is 0 Å². The summed E-state index contributed by atoms with van der Waals surface area (Å²) < 4.78 is 0. The van der Waals surface area contributed by atoms with Crippen molar-refractivity contribution in [3.05, 3.63) is 11.1 Å². The summed E-state index contributed by atoms with van der Waals surface area (Å²) in [5, 5.41) is 7.48. The maximum atomic E-state index is 9.73. The number of carboxylic acids is 1. The van der Waals surface area contributed by atoms with Crippen LogP contribution in [0, 0.1) is 0 Å². The molecule has 0 atom stereocenters. The molecule has 0 aliphatic heterocycles. The Morgan fingerprint density at radius 2 is 2.12 bits per heavy atom. The van der Waals surface area contributed by atoms with Crippen LogP contribution in [-0.4, -0.2) is 17.4 Å². The van der Waals surface area contributed by atoms with Crippen molar-refractivity contribution in [2.75, 3.05) is 0 Å². The Bertz CT molecular complexity index is 138. The van der Waals surface area contributed by atoms with Crippen molar-refractivity contribution < 1.29 is 14.7 Å². The molecule has 0 saturated heterocycles. The standard InChI is InChI=1S/C4H3ClO3/c5-3(1-2-6)4(7)8/h1-2H,(H,7,8)/b3-1+. The molecule has 0 aliphatic carbocycles. The zero-order valence-corrected chi connectivity index (χ0v) is 4.55. The molecule has 0 unspecified atom stereocenters. The minimum absolute atomic E-state index is 0.316. The first-order chi connectivity index (χ1) is 3.68. The molecule has 0 aliphatic rings. The topological polar surface area (TPSA) is 54.4 Å². The van der Waals surface area contributed by atoms with E-state index < -0.39 is 11.0 Å². The Morgan fingerprint density at radius 3 is 2.25 bits per heavy atom. The summed E-state index contributed by atoms with van der Waals surface area (Å²) in [5.74, 6) is -1.29. The molecule has 0 spiro atoms. The van der Waals surface area contributed by atoms with Crippen molar-refractivity contribution in [2.45, 2.75) is 0 Å². The fourth-order valence-corrected chi connectivity index (χ4v) is 0.182. The maximum absolute atomic E-state index is 9.73. The average Bonchev–Trinajstić information content (AvgIpc) is 1.67. The van der Waals surface area contributed by atoms with Crippen LogP contribution in [0.25, 0.3) is 0 Å².